The van der Waals surface area contributed by atoms with Gasteiger partial charge >= 0.3 is 0 Å². The van der Waals surface area contributed by atoms with Crippen molar-refractivity contribution in [1.82, 2.24) is 0 Å². The van der Waals surface area contributed by atoms with Crippen molar-refractivity contribution in [3.8, 4) is 0 Å². The van der Waals surface area contributed by atoms with Crippen LogP contribution in [0.4, 0.5) is 0 Å². The van der Waals surface area contributed by atoms with Gasteiger partial charge in [0.25, 0.3) is 0 Å². The molecular formula is C9H9NO2S3. The van der Waals surface area contributed by atoms with Crippen molar-refractivity contribution in [2.45, 2.75) is 15.0 Å². The maximum absolute atomic E-state index is 12.0. The lowest BCUT2D eigenvalue weighted by Crippen LogP contribution is -1.96. The van der Waals surface area contributed by atoms with E-state index in [9.17, 15) is 8.42 Å². The van der Waals surface area contributed by atoms with E-state index in [1.165, 1.54) is 22.7 Å². The van der Waals surface area contributed by atoms with Crippen molar-refractivity contribution in [1.29, 1.82) is 0 Å². The topological polar surface area (TPSA) is 60.2 Å². The van der Waals surface area contributed by atoms with E-state index in [1.807, 2.05) is 0 Å². The summed E-state index contributed by atoms with van der Waals surface area (Å²) in [5.41, 5.74) is 5.44. The largest absolute Gasteiger partial charge is 0.326 e. The number of hydrogen-bond acceptors (Lipinski definition) is 5. The maximum Gasteiger partial charge on any atom is 0.225 e. The van der Waals surface area contributed by atoms with Crippen molar-refractivity contribution in [2.75, 3.05) is 0 Å². The van der Waals surface area contributed by atoms with Crippen LogP contribution in [0.3, 0.4) is 0 Å². The summed E-state index contributed by atoms with van der Waals surface area (Å²) in [5, 5.41) is 1.75. The van der Waals surface area contributed by atoms with Gasteiger partial charge in [-0.25, -0.2) is 8.42 Å². The summed E-state index contributed by atoms with van der Waals surface area (Å²) in [6.45, 7) is 0.380. The van der Waals surface area contributed by atoms with Crippen LogP contribution in [0.2, 0.25) is 0 Å². The van der Waals surface area contributed by atoms with E-state index in [0.29, 0.717) is 15.0 Å². The van der Waals surface area contributed by atoms with Crippen molar-refractivity contribution >= 4 is 32.5 Å². The van der Waals surface area contributed by atoms with Crippen molar-refractivity contribution in [3.05, 3.63) is 34.5 Å². The van der Waals surface area contributed by atoms with E-state index in [-0.39, 0.29) is 0 Å². The van der Waals surface area contributed by atoms with Crippen molar-refractivity contribution in [2.24, 2.45) is 5.73 Å². The Labute approximate surface area is 96.1 Å². The summed E-state index contributed by atoms with van der Waals surface area (Å²) in [7, 11) is -3.30. The Hall–Kier alpha value is -0.690. The molecule has 0 bridgehead atoms. The van der Waals surface area contributed by atoms with Gasteiger partial charge in [0.2, 0.25) is 9.84 Å². The second-order valence-electron chi connectivity index (χ2n) is 2.86. The van der Waals surface area contributed by atoms with Crippen LogP contribution in [0.25, 0.3) is 0 Å². The number of hydrogen-bond donors (Lipinski definition) is 1. The smallest absolute Gasteiger partial charge is 0.225 e. The second kappa shape index (κ2) is 4.05. The zero-order chi connectivity index (χ0) is 10.9. The van der Waals surface area contributed by atoms with Gasteiger partial charge in [0, 0.05) is 11.4 Å². The highest BCUT2D eigenvalue weighted by Gasteiger charge is 2.20. The molecule has 0 aliphatic rings. The molecule has 0 aliphatic heterocycles. The minimum Gasteiger partial charge on any atom is -0.326 e. The summed E-state index contributed by atoms with van der Waals surface area (Å²) in [6.07, 6.45) is 0. The standard InChI is InChI=1S/C9H9NO2S3/c10-6-7-3-4-9(14-7)15(11,12)8-2-1-5-13-8/h1-5H,6,10H2. The van der Waals surface area contributed by atoms with Gasteiger partial charge in [0.1, 0.15) is 8.42 Å². The van der Waals surface area contributed by atoms with Gasteiger partial charge in [0.05, 0.1) is 0 Å². The number of thiophene rings is 2. The number of sulfone groups is 1. The van der Waals surface area contributed by atoms with E-state index in [2.05, 4.69) is 0 Å². The van der Waals surface area contributed by atoms with E-state index >= 15 is 0 Å². The van der Waals surface area contributed by atoms with Crippen LogP contribution < -0.4 is 5.73 Å². The van der Waals surface area contributed by atoms with Gasteiger partial charge < -0.3 is 5.73 Å². The fourth-order valence-corrected chi connectivity index (χ4v) is 5.02. The predicted octanol–water partition coefficient (Wildman–Crippen LogP) is 2.10. The molecule has 80 valence electrons. The summed E-state index contributed by atoms with van der Waals surface area (Å²) in [6, 6.07) is 6.71. The van der Waals surface area contributed by atoms with Gasteiger partial charge in [-0.1, -0.05) is 6.07 Å². The Morgan fingerprint density at radius 3 is 2.53 bits per heavy atom. The fourth-order valence-electron chi connectivity index (χ4n) is 1.13. The SMILES string of the molecule is NCc1ccc(S(=O)(=O)c2cccs2)s1. The molecule has 2 aromatic rings. The highest BCUT2D eigenvalue weighted by atomic mass is 32.3. The molecule has 2 heterocycles. The Morgan fingerprint density at radius 1 is 1.20 bits per heavy atom. The lowest BCUT2D eigenvalue weighted by atomic mass is 10.5. The van der Waals surface area contributed by atoms with E-state index in [1.54, 1.807) is 29.6 Å². The minimum absolute atomic E-state index is 0.366. The van der Waals surface area contributed by atoms with Crippen LogP contribution >= 0.6 is 22.7 Å². The lowest BCUT2D eigenvalue weighted by molar-refractivity contribution is 0.600. The predicted molar refractivity (Wildman–Crippen MR) is 62.0 cm³/mol. The third-order valence-electron chi connectivity index (χ3n) is 1.86. The summed E-state index contributed by atoms with van der Waals surface area (Å²) >= 11 is 2.46. The monoisotopic (exact) mass is 259 g/mol. The molecule has 0 atom stereocenters. The molecule has 0 fully saturated rings. The zero-order valence-electron chi connectivity index (χ0n) is 7.71. The Kier molecular flexibility index (Phi) is 2.92. The zero-order valence-corrected chi connectivity index (χ0v) is 10.2. The molecule has 2 aromatic heterocycles. The van der Waals surface area contributed by atoms with Crippen LogP contribution in [0.1, 0.15) is 4.88 Å². The maximum atomic E-state index is 12.0. The van der Waals surface area contributed by atoms with Crippen LogP contribution in [-0.2, 0) is 16.4 Å². The quantitative estimate of drug-likeness (QED) is 0.918. The number of rotatable bonds is 3. The Balaban J connectivity index is 2.47. The first-order valence-electron chi connectivity index (χ1n) is 4.22. The molecule has 15 heavy (non-hydrogen) atoms. The average Bonchev–Trinajstić information content (AvgIpc) is 2.89. The molecular weight excluding hydrogens is 250 g/mol. The summed E-state index contributed by atoms with van der Waals surface area (Å²) < 4.78 is 24.8. The second-order valence-corrected chi connectivity index (χ2v) is 7.38. The first-order valence-corrected chi connectivity index (χ1v) is 7.40. The molecule has 0 saturated heterocycles. The van der Waals surface area contributed by atoms with Crippen LogP contribution in [0.15, 0.2) is 38.1 Å². The summed E-state index contributed by atoms with van der Waals surface area (Å²) in [5.74, 6) is 0. The molecule has 2 rings (SSSR count). The van der Waals surface area contributed by atoms with Gasteiger partial charge in [-0.3, -0.25) is 0 Å². The highest BCUT2D eigenvalue weighted by Crippen LogP contribution is 2.29. The molecule has 0 radical (unpaired) electrons. The highest BCUT2D eigenvalue weighted by molar-refractivity contribution is 7.95. The van der Waals surface area contributed by atoms with Gasteiger partial charge in [0.15, 0.2) is 0 Å². The minimum atomic E-state index is -3.30. The summed E-state index contributed by atoms with van der Waals surface area (Å²) in [4.78, 5) is 0.880. The normalized spacial score (nSPS) is 11.8. The fraction of sp³-hybridized carbons (Fsp3) is 0.111. The van der Waals surface area contributed by atoms with Gasteiger partial charge in [-0.2, -0.15) is 0 Å². The third kappa shape index (κ3) is 1.98. The van der Waals surface area contributed by atoms with Crippen LogP contribution in [0, 0.1) is 0 Å². The number of nitrogens with two attached hydrogens (primary N) is 1. The van der Waals surface area contributed by atoms with Crippen molar-refractivity contribution < 1.29 is 8.42 Å². The van der Waals surface area contributed by atoms with E-state index in [4.69, 9.17) is 5.73 Å². The molecule has 0 unspecified atom stereocenters. The lowest BCUT2D eigenvalue weighted by Gasteiger charge is -1.96. The molecule has 0 spiro atoms. The van der Waals surface area contributed by atoms with Crippen molar-refractivity contribution in [3.63, 3.8) is 0 Å². The molecule has 0 amide bonds. The molecule has 3 nitrogen and oxygen atoms in total. The van der Waals surface area contributed by atoms with E-state index in [0.717, 1.165) is 4.88 Å². The van der Waals surface area contributed by atoms with Gasteiger partial charge in [-0.15, -0.1) is 22.7 Å². The van der Waals surface area contributed by atoms with E-state index < -0.39 is 9.84 Å². The van der Waals surface area contributed by atoms with Crippen LogP contribution in [0.5, 0.6) is 0 Å². The average molecular weight is 259 g/mol. The Morgan fingerprint density at radius 2 is 2.00 bits per heavy atom. The molecule has 0 aromatic carbocycles. The first-order chi connectivity index (χ1) is 7.14. The van der Waals surface area contributed by atoms with Crippen LogP contribution in [-0.4, -0.2) is 8.42 Å². The molecule has 2 N–H and O–H groups in total. The molecule has 6 heteroatoms. The first kappa shape index (κ1) is 10.8. The third-order valence-corrected chi connectivity index (χ3v) is 6.61. The Bertz CT molecular complexity index is 540. The molecule has 0 saturated carbocycles. The van der Waals surface area contributed by atoms with Gasteiger partial charge in [-0.05, 0) is 23.6 Å². The molecule has 0 aliphatic carbocycles.